The SMILES string of the molecule is [2H]C([2H])([2H])C(=CCOc1ccccc1Br)C([2H])([2H])[2H]. The Morgan fingerprint density at radius 1 is 1.54 bits per heavy atom. The zero-order chi connectivity index (χ0) is 14.7. The summed E-state index contributed by atoms with van der Waals surface area (Å²) in [6, 6.07) is 7.04. The van der Waals surface area contributed by atoms with Crippen molar-refractivity contribution in [1.82, 2.24) is 0 Å². The van der Waals surface area contributed by atoms with Gasteiger partial charge in [-0.2, -0.15) is 0 Å². The Morgan fingerprint density at radius 2 is 2.31 bits per heavy atom. The second kappa shape index (κ2) is 5.07. The molecule has 1 aromatic rings. The molecule has 0 radical (unpaired) electrons. The fourth-order valence-electron chi connectivity index (χ4n) is 0.777. The van der Waals surface area contributed by atoms with Gasteiger partial charge in [-0.3, -0.25) is 0 Å². The number of benzene rings is 1. The monoisotopic (exact) mass is 246 g/mol. The number of hydrogen-bond acceptors (Lipinski definition) is 1. The molecule has 1 rings (SSSR count). The summed E-state index contributed by atoms with van der Waals surface area (Å²) in [5.41, 5.74) is -0.577. The van der Waals surface area contributed by atoms with Gasteiger partial charge in [0.05, 0.1) is 4.47 Å². The maximum atomic E-state index is 7.21. The van der Waals surface area contributed by atoms with E-state index in [1.54, 1.807) is 18.2 Å². The van der Waals surface area contributed by atoms with Gasteiger partial charge in [-0.05, 0) is 47.8 Å². The predicted octanol–water partition coefficient (Wildman–Crippen LogP) is 3.79. The standard InChI is InChI=1S/C11H13BrO/c1-9(2)7-8-13-11-6-4-3-5-10(11)12/h3-7H,8H2,1-2H3/i1D3,2D3. The normalized spacial score (nSPS) is 18.2. The lowest BCUT2D eigenvalue weighted by Crippen LogP contribution is -1.94. The van der Waals surface area contributed by atoms with E-state index in [4.69, 9.17) is 13.0 Å². The van der Waals surface area contributed by atoms with E-state index in [1.165, 1.54) is 0 Å². The van der Waals surface area contributed by atoms with Gasteiger partial charge in [0, 0.05) is 8.22 Å². The Morgan fingerprint density at radius 3 is 3.00 bits per heavy atom. The zero-order valence-corrected chi connectivity index (χ0v) is 8.47. The second-order valence-corrected chi connectivity index (χ2v) is 3.21. The Balaban J connectivity index is 2.82. The van der Waals surface area contributed by atoms with Gasteiger partial charge in [0.2, 0.25) is 0 Å². The average molecular weight is 247 g/mol. The van der Waals surface area contributed by atoms with E-state index in [0.29, 0.717) is 10.2 Å². The molecule has 0 unspecified atom stereocenters. The van der Waals surface area contributed by atoms with Gasteiger partial charge < -0.3 is 4.74 Å². The summed E-state index contributed by atoms with van der Waals surface area (Å²) in [7, 11) is 0. The third kappa shape index (κ3) is 3.64. The Hall–Kier alpha value is -0.760. The number of ether oxygens (including phenoxy) is 1. The van der Waals surface area contributed by atoms with Crippen molar-refractivity contribution in [2.45, 2.75) is 13.7 Å². The first kappa shape index (κ1) is 4.65. The molecule has 0 aromatic heterocycles. The van der Waals surface area contributed by atoms with Crippen LogP contribution in [-0.4, -0.2) is 6.61 Å². The van der Waals surface area contributed by atoms with E-state index < -0.39 is 19.3 Å². The Bertz CT molecular complexity index is 447. The minimum Gasteiger partial charge on any atom is -0.488 e. The van der Waals surface area contributed by atoms with Crippen LogP contribution in [0.5, 0.6) is 5.75 Å². The Kier molecular flexibility index (Phi) is 1.81. The van der Waals surface area contributed by atoms with Gasteiger partial charge in [-0.15, -0.1) is 0 Å². The van der Waals surface area contributed by atoms with Crippen molar-refractivity contribution in [1.29, 1.82) is 0 Å². The smallest absolute Gasteiger partial charge is 0.133 e. The summed E-state index contributed by atoms with van der Waals surface area (Å²) < 4.78 is 49.3. The van der Waals surface area contributed by atoms with E-state index in [9.17, 15) is 0 Å². The molecule has 13 heavy (non-hydrogen) atoms. The summed E-state index contributed by atoms with van der Waals surface area (Å²) in [5, 5.41) is 0. The highest BCUT2D eigenvalue weighted by atomic mass is 79.9. The van der Waals surface area contributed by atoms with Crippen LogP contribution in [0.2, 0.25) is 0 Å². The molecule has 0 N–H and O–H groups in total. The molecule has 0 saturated heterocycles. The maximum Gasteiger partial charge on any atom is 0.133 e. The van der Waals surface area contributed by atoms with E-state index in [2.05, 4.69) is 15.9 Å². The van der Waals surface area contributed by atoms with Crippen molar-refractivity contribution in [3.05, 3.63) is 40.4 Å². The minimum absolute atomic E-state index is 0.116. The molecule has 0 aliphatic heterocycles. The van der Waals surface area contributed by atoms with Crippen LogP contribution >= 0.6 is 15.9 Å². The molecule has 0 heterocycles. The summed E-state index contributed by atoms with van der Waals surface area (Å²) in [6.07, 6.45) is 1.10. The van der Waals surface area contributed by atoms with Crippen LogP contribution in [0.1, 0.15) is 21.9 Å². The van der Waals surface area contributed by atoms with Crippen LogP contribution < -0.4 is 4.74 Å². The van der Waals surface area contributed by atoms with Crippen LogP contribution in [0.3, 0.4) is 0 Å². The highest BCUT2D eigenvalue weighted by Crippen LogP contribution is 2.23. The zero-order valence-electron chi connectivity index (χ0n) is 12.9. The molecule has 0 saturated carbocycles. The molecule has 0 atom stereocenters. The molecule has 0 fully saturated rings. The topological polar surface area (TPSA) is 9.23 Å². The van der Waals surface area contributed by atoms with E-state index in [1.807, 2.05) is 6.07 Å². The van der Waals surface area contributed by atoms with Gasteiger partial charge in [-0.1, -0.05) is 17.7 Å². The second-order valence-electron chi connectivity index (χ2n) is 2.36. The fourth-order valence-corrected chi connectivity index (χ4v) is 1.18. The van der Waals surface area contributed by atoms with Crippen LogP contribution in [0.15, 0.2) is 40.4 Å². The van der Waals surface area contributed by atoms with Crippen molar-refractivity contribution in [2.24, 2.45) is 0 Å². The van der Waals surface area contributed by atoms with Crippen molar-refractivity contribution >= 4 is 15.9 Å². The van der Waals surface area contributed by atoms with E-state index in [-0.39, 0.29) is 6.61 Å². The van der Waals surface area contributed by atoms with Crippen molar-refractivity contribution in [3.8, 4) is 5.75 Å². The van der Waals surface area contributed by atoms with Gasteiger partial charge in [0.1, 0.15) is 12.4 Å². The highest BCUT2D eigenvalue weighted by Gasteiger charge is 1.96. The van der Waals surface area contributed by atoms with Gasteiger partial charge in [0.15, 0.2) is 0 Å². The van der Waals surface area contributed by atoms with Crippen molar-refractivity contribution < 1.29 is 13.0 Å². The summed E-state index contributed by atoms with van der Waals surface area (Å²) in [5.74, 6) is 0.522. The molecule has 0 bridgehead atoms. The molecule has 2 heteroatoms. The molecule has 0 aliphatic rings. The highest BCUT2D eigenvalue weighted by molar-refractivity contribution is 9.10. The number of para-hydroxylation sites is 1. The first-order valence-electron chi connectivity index (χ1n) is 6.71. The quantitative estimate of drug-likeness (QED) is 0.738. The number of hydrogen-bond donors (Lipinski definition) is 0. The predicted molar refractivity (Wildman–Crippen MR) is 59.1 cm³/mol. The molecule has 0 spiro atoms. The van der Waals surface area contributed by atoms with Crippen LogP contribution in [0.4, 0.5) is 0 Å². The molecule has 0 aliphatic carbocycles. The molecular formula is C11H13BrO. The number of rotatable bonds is 3. The van der Waals surface area contributed by atoms with E-state index >= 15 is 0 Å². The third-order valence-corrected chi connectivity index (χ3v) is 2.02. The number of allylic oxidation sites excluding steroid dienone is 1. The number of halogens is 1. The summed E-state index contributed by atoms with van der Waals surface area (Å²) >= 11 is 3.27. The lowest BCUT2D eigenvalue weighted by Gasteiger charge is -2.04. The lowest BCUT2D eigenvalue weighted by molar-refractivity contribution is 0.359. The van der Waals surface area contributed by atoms with Crippen LogP contribution in [-0.2, 0) is 0 Å². The summed E-state index contributed by atoms with van der Waals surface area (Å²) in [4.78, 5) is 0. The largest absolute Gasteiger partial charge is 0.488 e. The van der Waals surface area contributed by atoms with Crippen molar-refractivity contribution in [2.75, 3.05) is 6.61 Å². The van der Waals surface area contributed by atoms with Crippen LogP contribution in [0, 0.1) is 0 Å². The minimum atomic E-state index is -2.65. The van der Waals surface area contributed by atoms with Crippen molar-refractivity contribution in [3.63, 3.8) is 0 Å². The third-order valence-electron chi connectivity index (χ3n) is 1.36. The first-order valence-corrected chi connectivity index (χ1v) is 4.50. The molecule has 1 aromatic carbocycles. The lowest BCUT2D eigenvalue weighted by atomic mass is 10.3. The molecule has 70 valence electrons. The summed E-state index contributed by atoms with van der Waals surface area (Å²) in [6.45, 7) is -5.42. The molecule has 0 amide bonds. The average Bonchev–Trinajstić information content (AvgIpc) is 2.23. The van der Waals surface area contributed by atoms with Gasteiger partial charge in [0.25, 0.3) is 0 Å². The van der Waals surface area contributed by atoms with Gasteiger partial charge >= 0.3 is 0 Å². The van der Waals surface area contributed by atoms with Gasteiger partial charge in [-0.25, -0.2) is 0 Å². The molecular weight excluding hydrogens is 228 g/mol. The van der Waals surface area contributed by atoms with E-state index in [0.717, 1.165) is 6.08 Å². The Labute approximate surface area is 96.0 Å². The first-order chi connectivity index (χ1) is 8.62. The van der Waals surface area contributed by atoms with Crippen LogP contribution in [0.25, 0.3) is 0 Å². The fraction of sp³-hybridized carbons (Fsp3) is 0.273. The maximum absolute atomic E-state index is 7.21. The molecule has 1 nitrogen and oxygen atoms in total.